The molecule has 2 aromatic heterocycles. The van der Waals surface area contributed by atoms with Crippen molar-refractivity contribution < 1.29 is 14.3 Å². The van der Waals surface area contributed by atoms with Gasteiger partial charge in [0.15, 0.2) is 11.5 Å². The summed E-state index contributed by atoms with van der Waals surface area (Å²) >= 11 is 1.25. The zero-order valence-corrected chi connectivity index (χ0v) is 19.6. The maximum Gasteiger partial charge on any atom is 0.265 e. The summed E-state index contributed by atoms with van der Waals surface area (Å²) in [5.41, 5.74) is 0.842. The maximum absolute atomic E-state index is 13.7. The molecular weight excluding hydrogens is 450 g/mol. The molecule has 0 saturated carbocycles. The number of ketones is 1. The molecule has 2 N–H and O–H groups in total. The van der Waals surface area contributed by atoms with Gasteiger partial charge in [0, 0.05) is 23.5 Å². The Hall–Kier alpha value is -3.49. The van der Waals surface area contributed by atoms with E-state index in [1.807, 2.05) is 30.3 Å². The predicted octanol–water partition coefficient (Wildman–Crippen LogP) is 3.59. The molecule has 174 valence electrons. The van der Waals surface area contributed by atoms with E-state index in [9.17, 15) is 14.4 Å². The van der Waals surface area contributed by atoms with Crippen LogP contribution < -0.4 is 20.9 Å². The molecule has 4 aromatic rings. The van der Waals surface area contributed by atoms with Crippen LogP contribution >= 0.6 is 11.3 Å². The molecule has 0 radical (unpaired) electrons. The highest BCUT2D eigenvalue weighted by Crippen LogP contribution is 2.39. The van der Waals surface area contributed by atoms with Gasteiger partial charge in [-0.2, -0.15) is 0 Å². The quantitative estimate of drug-likeness (QED) is 0.399. The third kappa shape index (κ3) is 3.99. The third-order valence-electron chi connectivity index (χ3n) is 6.24. The third-order valence-corrected chi connectivity index (χ3v) is 7.45. The lowest BCUT2D eigenvalue weighted by atomic mass is 10.1. The number of thiophene rings is 1. The fourth-order valence-electron chi connectivity index (χ4n) is 4.53. The second-order valence-corrected chi connectivity index (χ2v) is 9.39. The number of Topliss-reactive ketones (excluding diaryl/α,β-unsaturated/α-hetero) is 1. The van der Waals surface area contributed by atoms with Gasteiger partial charge in [-0.05, 0) is 25.5 Å². The van der Waals surface area contributed by atoms with Crippen molar-refractivity contribution in [2.45, 2.75) is 25.4 Å². The number of amides is 1. The summed E-state index contributed by atoms with van der Waals surface area (Å²) in [4.78, 5) is 40.1. The van der Waals surface area contributed by atoms with E-state index in [0.29, 0.717) is 32.6 Å². The largest absolute Gasteiger partial charge is 0.494 e. The average molecular weight is 476 g/mol. The lowest BCUT2D eigenvalue weighted by Gasteiger charge is -2.12. The van der Waals surface area contributed by atoms with Crippen LogP contribution in [0, 0.1) is 0 Å². The number of aromatic nitrogens is 1. The van der Waals surface area contributed by atoms with Crippen molar-refractivity contribution >= 4 is 44.0 Å². The Morgan fingerprint density at radius 1 is 1.15 bits per heavy atom. The molecule has 1 unspecified atom stereocenters. The van der Waals surface area contributed by atoms with Gasteiger partial charge >= 0.3 is 0 Å². The van der Waals surface area contributed by atoms with Crippen molar-refractivity contribution in [1.82, 2.24) is 15.2 Å². The summed E-state index contributed by atoms with van der Waals surface area (Å²) in [5, 5.41) is 7.47. The van der Waals surface area contributed by atoms with Gasteiger partial charge in [-0.1, -0.05) is 48.5 Å². The second-order valence-electron chi connectivity index (χ2n) is 8.37. The number of carbonyl (C=O) groups excluding carboxylic acids is 2. The maximum atomic E-state index is 13.7. The van der Waals surface area contributed by atoms with Gasteiger partial charge < -0.3 is 15.4 Å². The molecule has 1 amide bonds. The second kappa shape index (κ2) is 9.40. The molecule has 5 rings (SSSR count). The number of hydrogen-bond acceptors (Lipinski definition) is 6. The monoisotopic (exact) mass is 475 g/mol. The number of nitrogens with one attached hydrogen (secondary N) is 2. The molecule has 1 aliphatic rings. The molecule has 1 fully saturated rings. The highest BCUT2D eigenvalue weighted by molar-refractivity contribution is 7.22. The first kappa shape index (κ1) is 22.3. The van der Waals surface area contributed by atoms with Gasteiger partial charge in [0.1, 0.15) is 10.3 Å². The summed E-state index contributed by atoms with van der Waals surface area (Å²) in [6, 6.07) is 16.6. The van der Waals surface area contributed by atoms with E-state index in [1.54, 1.807) is 24.3 Å². The van der Waals surface area contributed by atoms with Gasteiger partial charge in [-0.25, -0.2) is 0 Å². The highest BCUT2D eigenvalue weighted by Gasteiger charge is 2.26. The topological polar surface area (TPSA) is 89.4 Å². The van der Waals surface area contributed by atoms with Gasteiger partial charge in [0.25, 0.3) is 11.5 Å². The van der Waals surface area contributed by atoms with Crippen LogP contribution in [0.25, 0.3) is 21.0 Å². The van der Waals surface area contributed by atoms with Crippen molar-refractivity contribution in [2.24, 2.45) is 0 Å². The zero-order chi connectivity index (χ0) is 23.7. The first-order valence-corrected chi connectivity index (χ1v) is 12.1. The van der Waals surface area contributed by atoms with Crippen LogP contribution in [0.4, 0.5) is 0 Å². The summed E-state index contributed by atoms with van der Waals surface area (Å²) in [6.45, 7) is 1.37. The minimum Gasteiger partial charge on any atom is -0.494 e. The lowest BCUT2D eigenvalue weighted by molar-refractivity contribution is 0.0948. The van der Waals surface area contributed by atoms with E-state index >= 15 is 0 Å². The normalized spacial score (nSPS) is 15.6. The highest BCUT2D eigenvalue weighted by atomic mass is 32.1. The lowest BCUT2D eigenvalue weighted by Crippen LogP contribution is -2.37. The fraction of sp³-hybridized carbons (Fsp3) is 0.269. The van der Waals surface area contributed by atoms with Crippen molar-refractivity contribution in [2.75, 3.05) is 20.2 Å². The summed E-state index contributed by atoms with van der Waals surface area (Å²) in [7, 11) is 1.46. The van der Waals surface area contributed by atoms with Gasteiger partial charge in [-0.15, -0.1) is 11.3 Å². The molecule has 0 bridgehead atoms. The molecule has 0 aliphatic carbocycles. The summed E-state index contributed by atoms with van der Waals surface area (Å²) < 4.78 is 7.77. The van der Waals surface area contributed by atoms with Crippen LogP contribution in [0.15, 0.2) is 59.4 Å². The average Bonchev–Trinajstić information content (AvgIpc) is 3.53. The van der Waals surface area contributed by atoms with E-state index in [-0.39, 0.29) is 35.6 Å². The molecule has 8 heteroatoms. The van der Waals surface area contributed by atoms with Crippen molar-refractivity contribution in [3.8, 4) is 5.75 Å². The van der Waals surface area contributed by atoms with Crippen LogP contribution in [0.5, 0.6) is 5.75 Å². The molecule has 0 spiro atoms. The number of benzene rings is 2. The van der Waals surface area contributed by atoms with E-state index < -0.39 is 0 Å². The van der Waals surface area contributed by atoms with Gasteiger partial charge in [0.2, 0.25) is 0 Å². The number of nitrogens with zero attached hydrogens (tertiary/aromatic N) is 1. The molecule has 7 nitrogen and oxygen atoms in total. The number of ether oxygens (including phenoxy) is 1. The summed E-state index contributed by atoms with van der Waals surface area (Å²) in [5.74, 6) is -0.167. The smallest absolute Gasteiger partial charge is 0.265 e. The Kier molecular flexibility index (Phi) is 6.17. The summed E-state index contributed by atoms with van der Waals surface area (Å²) in [6.07, 6.45) is 2.12. The number of methoxy groups -OCH3 is 1. The van der Waals surface area contributed by atoms with Gasteiger partial charge in [0.05, 0.1) is 23.9 Å². The van der Waals surface area contributed by atoms with E-state index in [2.05, 4.69) is 10.6 Å². The zero-order valence-electron chi connectivity index (χ0n) is 18.8. The van der Waals surface area contributed by atoms with Crippen LogP contribution in [0.1, 0.15) is 32.9 Å². The fourth-order valence-corrected chi connectivity index (χ4v) is 5.74. The molecule has 1 saturated heterocycles. The molecule has 1 atom stereocenters. The molecule has 34 heavy (non-hydrogen) atoms. The van der Waals surface area contributed by atoms with Crippen molar-refractivity contribution in [3.05, 3.63) is 75.4 Å². The molecular formula is C26H25N3O4S. The van der Waals surface area contributed by atoms with Crippen LogP contribution in [0.3, 0.4) is 0 Å². The van der Waals surface area contributed by atoms with Crippen LogP contribution in [-0.2, 0) is 6.54 Å². The van der Waals surface area contributed by atoms with Gasteiger partial charge in [-0.3, -0.25) is 19.0 Å². The first-order valence-electron chi connectivity index (χ1n) is 11.3. The number of pyridine rings is 1. The Morgan fingerprint density at radius 2 is 1.91 bits per heavy atom. The first-order chi connectivity index (χ1) is 16.6. The van der Waals surface area contributed by atoms with Crippen LogP contribution in [0.2, 0.25) is 0 Å². The minimum absolute atomic E-state index is 0.104. The molecule has 1 aliphatic heterocycles. The Balaban J connectivity index is 1.61. The SMILES string of the molecule is COc1c(C(=O)NCC2CCCN2)sc2c1c(=O)n(CC(=O)c1ccccc1)c1ccccc21. The van der Waals surface area contributed by atoms with Crippen molar-refractivity contribution in [1.29, 1.82) is 0 Å². The Morgan fingerprint density at radius 3 is 2.65 bits per heavy atom. The number of fused-ring (bicyclic) bond motifs is 3. The minimum atomic E-state index is -0.345. The number of para-hydroxylation sites is 1. The molecule has 2 aromatic carbocycles. The van der Waals surface area contributed by atoms with E-state index in [4.69, 9.17) is 4.74 Å². The number of rotatable bonds is 7. The predicted molar refractivity (Wildman–Crippen MR) is 134 cm³/mol. The number of carbonyl (C=O) groups is 2. The Bertz CT molecular complexity index is 1440. The van der Waals surface area contributed by atoms with Crippen LogP contribution in [-0.4, -0.2) is 42.5 Å². The van der Waals surface area contributed by atoms with E-state index in [0.717, 1.165) is 24.8 Å². The standard InChI is InChI=1S/C26H25N3O4S/c1-33-22-21-23(34-24(22)25(31)28-14-17-10-7-13-27-17)18-11-5-6-12-19(18)29(26(21)32)15-20(30)16-8-3-2-4-9-16/h2-6,8-9,11-12,17,27H,7,10,13-15H2,1H3,(H,28,31). The number of hydrogen-bond donors (Lipinski definition) is 2. The van der Waals surface area contributed by atoms with E-state index in [1.165, 1.54) is 23.0 Å². The Labute approximate surface area is 200 Å². The van der Waals surface area contributed by atoms with Crippen molar-refractivity contribution in [3.63, 3.8) is 0 Å². The molecule has 3 heterocycles.